The van der Waals surface area contributed by atoms with Crippen LogP contribution in [0.5, 0.6) is 0 Å². The van der Waals surface area contributed by atoms with E-state index in [4.69, 9.17) is 0 Å². The minimum atomic E-state index is -0.581. The van der Waals surface area contributed by atoms with Crippen molar-refractivity contribution in [2.75, 3.05) is 19.5 Å². The van der Waals surface area contributed by atoms with Crippen molar-refractivity contribution in [2.24, 2.45) is 5.92 Å². The predicted octanol–water partition coefficient (Wildman–Crippen LogP) is 2.39. The van der Waals surface area contributed by atoms with Gasteiger partial charge in [0.25, 0.3) is 0 Å². The standard InChI is InChI=1S/C16H19NO5/c1-21-15(19)11-7-12(16(20)22-2)9-13(8-11)17-14(18)10-5-3-4-6-10/h7-10H,3-6H2,1-2H3,(H,17,18). The van der Waals surface area contributed by atoms with Crippen molar-refractivity contribution >= 4 is 23.5 Å². The largest absolute Gasteiger partial charge is 0.465 e. The average Bonchev–Trinajstić information content (AvgIpc) is 3.07. The van der Waals surface area contributed by atoms with E-state index in [1.807, 2.05) is 0 Å². The minimum Gasteiger partial charge on any atom is -0.465 e. The third-order valence-corrected chi connectivity index (χ3v) is 3.77. The summed E-state index contributed by atoms with van der Waals surface area (Å²) in [6.45, 7) is 0. The zero-order valence-electron chi connectivity index (χ0n) is 12.7. The summed E-state index contributed by atoms with van der Waals surface area (Å²) in [5.41, 5.74) is 0.763. The lowest BCUT2D eigenvalue weighted by molar-refractivity contribution is -0.119. The van der Waals surface area contributed by atoms with Gasteiger partial charge in [-0.1, -0.05) is 12.8 Å². The van der Waals surface area contributed by atoms with E-state index in [0.29, 0.717) is 5.69 Å². The Morgan fingerprint density at radius 1 is 0.955 bits per heavy atom. The molecule has 1 amide bonds. The normalized spacial score (nSPS) is 14.5. The Morgan fingerprint density at radius 3 is 1.91 bits per heavy atom. The summed E-state index contributed by atoms with van der Waals surface area (Å²) in [5.74, 6) is -1.26. The first kappa shape index (κ1) is 16.0. The predicted molar refractivity (Wildman–Crippen MR) is 79.7 cm³/mol. The highest BCUT2D eigenvalue weighted by atomic mass is 16.5. The van der Waals surface area contributed by atoms with Crippen molar-refractivity contribution in [2.45, 2.75) is 25.7 Å². The van der Waals surface area contributed by atoms with Crippen molar-refractivity contribution in [1.29, 1.82) is 0 Å². The molecule has 0 radical (unpaired) electrons. The van der Waals surface area contributed by atoms with Crippen molar-refractivity contribution < 1.29 is 23.9 Å². The Morgan fingerprint density at radius 2 is 1.45 bits per heavy atom. The zero-order valence-corrected chi connectivity index (χ0v) is 12.7. The van der Waals surface area contributed by atoms with Gasteiger partial charge in [0.15, 0.2) is 0 Å². The molecule has 1 aromatic carbocycles. The lowest BCUT2D eigenvalue weighted by atomic mass is 10.1. The topological polar surface area (TPSA) is 81.7 Å². The number of hydrogen-bond donors (Lipinski definition) is 1. The first-order valence-corrected chi connectivity index (χ1v) is 7.17. The number of hydrogen-bond acceptors (Lipinski definition) is 5. The molecule has 0 atom stereocenters. The van der Waals surface area contributed by atoms with Crippen LogP contribution >= 0.6 is 0 Å². The molecular formula is C16H19NO5. The molecule has 0 aliphatic heterocycles. The van der Waals surface area contributed by atoms with Crippen molar-refractivity contribution in [3.63, 3.8) is 0 Å². The molecule has 0 saturated heterocycles. The van der Waals surface area contributed by atoms with Crippen LogP contribution in [0.1, 0.15) is 46.4 Å². The van der Waals surface area contributed by atoms with E-state index in [-0.39, 0.29) is 23.0 Å². The number of amides is 1. The summed E-state index contributed by atoms with van der Waals surface area (Å²) < 4.78 is 9.32. The maximum absolute atomic E-state index is 12.2. The number of esters is 2. The number of carbonyl (C=O) groups excluding carboxylic acids is 3. The van der Waals surface area contributed by atoms with Gasteiger partial charge >= 0.3 is 11.9 Å². The molecule has 2 rings (SSSR count). The highest BCUT2D eigenvalue weighted by molar-refractivity contribution is 5.99. The monoisotopic (exact) mass is 305 g/mol. The maximum Gasteiger partial charge on any atom is 0.337 e. The number of ether oxygens (including phenoxy) is 2. The molecule has 0 bridgehead atoms. The molecule has 1 aliphatic carbocycles. The van der Waals surface area contributed by atoms with Crippen molar-refractivity contribution in [1.82, 2.24) is 0 Å². The van der Waals surface area contributed by atoms with Crippen LogP contribution in [0.15, 0.2) is 18.2 Å². The van der Waals surface area contributed by atoms with E-state index in [1.54, 1.807) is 0 Å². The average molecular weight is 305 g/mol. The summed E-state index contributed by atoms with van der Waals surface area (Å²) >= 11 is 0. The van der Waals surface area contributed by atoms with Gasteiger partial charge in [-0.25, -0.2) is 9.59 Å². The lowest BCUT2D eigenvalue weighted by Gasteiger charge is -2.12. The Balaban J connectivity index is 2.26. The third kappa shape index (κ3) is 3.63. The van der Waals surface area contributed by atoms with E-state index in [2.05, 4.69) is 14.8 Å². The van der Waals surface area contributed by atoms with Crippen LogP contribution in [0.25, 0.3) is 0 Å². The first-order valence-electron chi connectivity index (χ1n) is 7.17. The molecule has 1 saturated carbocycles. The Bertz CT molecular complexity index is 556. The SMILES string of the molecule is COC(=O)c1cc(NC(=O)C2CCCC2)cc(C(=O)OC)c1. The van der Waals surface area contributed by atoms with E-state index >= 15 is 0 Å². The molecule has 0 spiro atoms. The quantitative estimate of drug-likeness (QED) is 0.864. The third-order valence-electron chi connectivity index (χ3n) is 3.77. The van der Waals surface area contributed by atoms with Crippen LogP contribution in [0, 0.1) is 5.92 Å². The number of rotatable bonds is 4. The number of nitrogens with one attached hydrogen (secondary N) is 1. The Labute approximate surface area is 128 Å². The van der Waals surface area contributed by atoms with Gasteiger partial charge in [0.05, 0.1) is 25.3 Å². The number of carbonyl (C=O) groups is 3. The minimum absolute atomic E-state index is 0.0108. The molecular weight excluding hydrogens is 286 g/mol. The van der Waals surface area contributed by atoms with Crippen LogP contribution in [-0.2, 0) is 14.3 Å². The fourth-order valence-corrected chi connectivity index (χ4v) is 2.60. The summed E-state index contributed by atoms with van der Waals surface area (Å²) in [5, 5.41) is 2.77. The zero-order chi connectivity index (χ0) is 16.1. The molecule has 0 aromatic heterocycles. The number of anilines is 1. The molecule has 118 valence electrons. The summed E-state index contributed by atoms with van der Waals surface area (Å²) in [7, 11) is 2.51. The van der Waals surface area contributed by atoms with Gasteiger partial charge < -0.3 is 14.8 Å². The summed E-state index contributed by atoms with van der Waals surface area (Å²) in [6.07, 6.45) is 3.83. The van der Waals surface area contributed by atoms with Gasteiger partial charge in [0.1, 0.15) is 0 Å². The molecule has 0 unspecified atom stereocenters. The van der Waals surface area contributed by atoms with Crippen LogP contribution in [0.4, 0.5) is 5.69 Å². The first-order chi connectivity index (χ1) is 10.5. The van der Waals surface area contributed by atoms with Crippen molar-refractivity contribution in [3.05, 3.63) is 29.3 Å². The highest BCUT2D eigenvalue weighted by Crippen LogP contribution is 2.26. The molecule has 1 N–H and O–H groups in total. The molecule has 6 heteroatoms. The second kappa shape index (κ2) is 7.06. The number of methoxy groups -OCH3 is 2. The van der Waals surface area contributed by atoms with Gasteiger partial charge in [-0.3, -0.25) is 4.79 Å². The fraction of sp³-hybridized carbons (Fsp3) is 0.438. The Hall–Kier alpha value is -2.37. The van der Waals surface area contributed by atoms with Gasteiger partial charge in [-0.2, -0.15) is 0 Å². The summed E-state index contributed by atoms with van der Waals surface area (Å²) in [6, 6.07) is 4.36. The molecule has 0 heterocycles. The fourth-order valence-electron chi connectivity index (χ4n) is 2.60. The molecule has 1 aliphatic rings. The van der Waals surface area contributed by atoms with E-state index in [1.165, 1.54) is 32.4 Å². The lowest BCUT2D eigenvalue weighted by Crippen LogP contribution is -2.21. The highest BCUT2D eigenvalue weighted by Gasteiger charge is 2.23. The smallest absolute Gasteiger partial charge is 0.337 e. The molecule has 22 heavy (non-hydrogen) atoms. The maximum atomic E-state index is 12.2. The second-order valence-corrected chi connectivity index (χ2v) is 5.25. The van der Waals surface area contributed by atoms with E-state index < -0.39 is 11.9 Å². The van der Waals surface area contributed by atoms with Gasteiger partial charge in [-0.05, 0) is 31.0 Å². The summed E-state index contributed by atoms with van der Waals surface area (Å²) in [4.78, 5) is 35.5. The Kier molecular flexibility index (Phi) is 5.14. The van der Waals surface area contributed by atoms with E-state index in [0.717, 1.165) is 25.7 Å². The van der Waals surface area contributed by atoms with Gasteiger partial charge in [0.2, 0.25) is 5.91 Å². The molecule has 1 fully saturated rings. The second-order valence-electron chi connectivity index (χ2n) is 5.25. The molecule has 6 nitrogen and oxygen atoms in total. The number of benzene rings is 1. The van der Waals surface area contributed by atoms with Crippen LogP contribution in [0.3, 0.4) is 0 Å². The van der Waals surface area contributed by atoms with Crippen LogP contribution in [-0.4, -0.2) is 32.1 Å². The van der Waals surface area contributed by atoms with Crippen LogP contribution in [0.2, 0.25) is 0 Å². The van der Waals surface area contributed by atoms with E-state index in [9.17, 15) is 14.4 Å². The van der Waals surface area contributed by atoms with Crippen molar-refractivity contribution in [3.8, 4) is 0 Å². The molecule has 1 aromatic rings. The van der Waals surface area contributed by atoms with Crippen LogP contribution < -0.4 is 5.32 Å². The van der Waals surface area contributed by atoms with Gasteiger partial charge in [0, 0.05) is 11.6 Å². The van der Waals surface area contributed by atoms with Gasteiger partial charge in [-0.15, -0.1) is 0 Å².